The molecule has 0 saturated heterocycles. The zero-order valence-corrected chi connectivity index (χ0v) is 11.6. The van der Waals surface area contributed by atoms with E-state index in [-0.39, 0.29) is 11.2 Å². The van der Waals surface area contributed by atoms with Crippen molar-refractivity contribution in [1.29, 1.82) is 0 Å². The van der Waals surface area contributed by atoms with Crippen molar-refractivity contribution < 1.29 is 4.39 Å². The summed E-state index contributed by atoms with van der Waals surface area (Å²) in [6.07, 6.45) is 0.615. The van der Waals surface area contributed by atoms with Gasteiger partial charge in [-0.2, -0.15) is 0 Å². The Hall–Kier alpha value is -0.760. The number of benzene rings is 2. The molecule has 0 amide bonds. The zero-order valence-electron chi connectivity index (χ0n) is 9.34. The van der Waals surface area contributed by atoms with Crippen LogP contribution in [0.5, 0.6) is 0 Å². The largest absolute Gasteiger partial charge is 0.207 e. The van der Waals surface area contributed by atoms with Gasteiger partial charge < -0.3 is 0 Å². The maximum absolute atomic E-state index is 12.8. The van der Waals surface area contributed by atoms with Crippen molar-refractivity contribution in [3.63, 3.8) is 0 Å². The maximum Gasteiger partial charge on any atom is 0.123 e. The molecule has 0 aromatic heterocycles. The second-order valence-corrected chi connectivity index (χ2v) is 5.31. The summed E-state index contributed by atoms with van der Waals surface area (Å²) in [4.78, 5) is 0. The lowest BCUT2D eigenvalue weighted by Crippen LogP contribution is -1.96. The molecule has 0 N–H and O–H groups in total. The molecule has 0 bridgehead atoms. The van der Waals surface area contributed by atoms with E-state index in [0.29, 0.717) is 16.5 Å². The van der Waals surface area contributed by atoms with Crippen LogP contribution in [0.3, 0.4) is 0 Å². The molecule has 4 heteroatoms. The lowest BCUT2D eigenvalue weighted by molar-refractivity contribution is 0.626. The van der Waals surface area contributed by atoms with Crippen LogP contribution in [-0.2, 0) is 6.42 Å². The molecule has 0 aliphatic carbocycles. The third-order valence-electron chi connectivity index (χ3n) is 2.63. The Labute approximate surface area is 120 Å². The molecule has 0 nitrogen and oxygen atoms in total. The molecule has 0 aliphatic heterocycles. The third kappa shape index (κ3) is 3.38. The standard InChI is InChI=1S/C14H10Cl3F/c15-12-6-1-9(8-14(12)17)7-13(16)10-2-4-11(18)5-3-10/h1-6,8,13H,7H2. The average Bonchev–Trinajstić information content (AvgIpc) is 2.34. The summed E-state index contributed by atoms with van der Waals surface area (Å²) in [5, 5.41) is 0.813. The van der Waals surface area contributed by atoms with Crippen LogP contribution in [0, 0.1) is 5.82 Å². The molecule has 2 rings (SSSR count). The SMILES string of the molecule is Fc1ccc(C(Cl)Cc2ccc(Cl)c(Cl)c2)cc1. The van der Waals surface area contributed by atoms with E-state index in [1.165, 1.54) is 12.1 Å². The molecule has 1 unspecified atom stereocenters. The number of hydrogen-bond acceptors (Lipinski definition) is 0. The smallest absolute Gasteiger partial charge is 0.123 e. The summed E-state index contributed by atoms with van der Waals surface area (Å²) in [7, 11) is 0. The van der Waals surface area contributed by atoms with E-state index >= 15 is 0 Å². The van der Waals surface area contributed by atoms with Crippen LogP contribution >= 0.6 is 34.8 Å². The van der Waals surface area contributed by atoms with Gasteiger partial charge in [0.1, 0.15) is 5.82 Å². The van der Waals surface area contributed by atoms with Gasteiger partial charge in [-0.3, -0.25) is 0 Å². The van der Waals surface area contributed by atoms with Crippen molar-refractivity contribution >= 4 is 34.8 Å². The van der Waals surface area contributed by atoms with Gasteiger partial charge in [-0.1, -0.05) is 41.4 Å². The molecule has 0 aliphatic rings. The van der Waals surface area contributed by atoms with E-state index in [2.05, 4.69) is 0 Å². The first-order valence-electron chi connectivity index (χ1n) is 5.40. The van der Waals surface area contributed by atoms with Gasteiger partial charge >= 0.3 is 0 Å². The fourth-order valence-corrected chi connectivity index (χ4v) is 2.31. The predicted molar refractivity (Wildman–Crippen MR) is 75.2 cm³/mol. The maximum atomic E-state index is 12.8. The van der Waals surface area contributed by atoms with Crippen LogP contribution in [0.25, 0.3) is 0 Å². The minimum atomic E-state index is -0.267. The Morgan fingerprint density at radius 2 is 1.61 bits per heavy atom. The van der Waals surface area contributed by atoms with Crippen LogP contribution in [0.4, 0.5) is 4.39 Å². The Bertz CT molecular complexity index is 537. The molecule has 0 spiro atoms. The van der Waals surface area contributed by atoms with Gasteiger partial charge in [0.15, 0.2) is 0 Å². The topological polar surface area (TPSA) is 0 Å². The fourth-order valence-electron chi connectivity index (χ4n) is 1.66. The van der Waals surface area contributed by atoms with E-state index in [9.17, 15) is 4.39 Å². The highest BCUT2D eigenvalue weighted by atomic mass is 35.5. The highest BCUT2D eigenvalue weighted by Gasteiger charge is 2.10. The van der Waals surface area contributed by atoms with Crippen LogP contribution < -0.4 is 0 Å². The molecule has 0 radical (unpaired) electrons. The lowest BCUT2D eigenvalue weighted by atomic mass is 10.0. The minimum absolute atomic E-state index is 0.220. The predicted octanol–water partition coefficient (Wildman–Crippen LogP) is 5.66. The Morgan fingerprint density at radius 3 is 2.22 bits per heavy atom. The normalized spacial score (nSPS) is 12.4. The average molecular weight is 304 g/mol. The summed E-state index contributed by atoms with van der Waals surface area (Å²) in [6.45, 7) is 0. The number of rotatable bonds is 3. The Morgan fingerprint density at radius 1 is 0.944 bits per heavy atom. The van der Waals surface area contributed by atoms with E-state index < -0.39 is 0 Å². The fraction of sp³-hybridized carbons (Fsp3) is 0.143. The first-order valence-corrected chi connectivity index (χ1v) is 6.59. The summed E-state index contributed by atoms with van der Waals surface area (Å²) in [5.41, 5.74) is 1.87. The Kier molecular flexibility index (Phi) is 4.50. The van der Waals surface area contributed by atoms with Gasteiger partial charge in [0.05, 0.1) is 15.4 Å². The summed E-state index contributed by atoms with van der Waals surface area (Å²) >= 11 is 18.1. The van der Waals surface area contributed by atoms with Crippen LogP contribution in [0.2, 0.25) is 10.0 Å². The molecule has 1 atom stereocenters. The molecule has 18 heavy (non-hydrogen) atoms. The molecule has 94 valence electrons. The summed E-state index contributed by atoms with van der Waals surface area (Å²) < 4.78 is 12.8. The first kappa shape index (κ1) is 13.7. The van der Waals surface area contributed by atoms with Crippen molar-refractivity contribution in [2.24, 2.45) is 0 Å². The second kappa shape index (κ2) is 5.92. The third-order valence-corrected chi connectivity index (χ3v) is 3.78. The number of alkyl halides is 1. The van der Waals surface area contributed by atoms with Gasteiger partial charge in [0.2, 0.25) is 0 Å². The molecule has 2 aromatic carbocycles. The minimum Gasteiger partial charge on any atom is -0.207 e. The van der Waals surface area contributed by atoms with Crippen LogP contribution in [0.1, 0.15) is 16.5 Å². The van der Waals surface area contributed by atoms with Gasteiger partial charge in [0.25, 0.3) is 0 Å². The van der Waals surface area contributed by atoms with Gasteiger partial charge in [-0.25, -0.2) is 4.39 Å². The van der Waals surface area contributed by atoms with Gasteiger partial charge in [-0.15, -0.1) is 11.6 Å². The van der Waals surface area contributed by atoms with Crippen molar-refractivity contribution in [2.45, 2.75) is 11.8 Å². The van der Waals surface area contributed by atoms with Crippen molar-refractivity contribution in [2.75, 3.05) is 0 Å². The highest BCUT2D eigenvalue weighted by Crippen LogP contribution is 2.28. The van der Waals surface area contributed by atoms with Crippen molar-refractivity contribution in [3.8, 4) is 0 Å². The molecule has 0 saturated carbocycles. The second-order valence-electron chi connectivity index (χ2n) is 3.97. The first-order chi connectivity index (χ1) is 8.56. The van der Waals surface area contributed by atoms with Gasteiger partial charge in [-0.05, 0) is 41.8 Å². The number of hydrogen-bond donors (Lipinski definition) is 0. The summed E-state index contributed by atoms with van der Waals surface area (Å²) in [6, 6.07) is 11.6. The van der Waals surface area contributed by atoms with Crippen LogP contribution in [-0.4, -0.2) is 0 Å². The van der Waals surface area contributed by atoms with E-state index in [0.717, 1.165) is 11.1 Å². The van der Waals surface area contributed by atoms with Crippen molar-refractivity contribution in [3.05, 3.63) is 69.5 Å². The number of halogens is 4. The summed E-state index contributed by atoms with van der Waals surface area (Å²) in [5.74, 6) is -0.267. The monoisotopic (exact) mass is 302 g/mol. The van der Waals surface area contributed by atoms with Gasteiger partial charge in [0, 0.05) is 0 Å². The Balaban J connectivity index is 2.13. The molecular formula is C14H10Cl3F. The molecule has 0 fully saturated rings. The van der Waals surface area contributed by atoms with E-state index in [4.69, 9.17) is 34.8 Å². The highest BCUT2D eigenvalue weighted by molar-refractivity contribution is 6.42. The van der Waals surface area contributed by atoms with Crippen LogP contribution in [0.15, 0.2) is 42.5 Å². The van der Waals surface area contributed by atoms with E-state index in [1.54, 1.807) is 24.3 Å². The molecular weight excluding hydrogens is 294 g/mol. The zero-order chi connectivity index (χ0) is 13.1. The molecule has 2 aromatic rings. The van der Waals surface area contributed by atoms with Crippen molar-refractivity contribution in [1.82, 2.24) is 0 Å². The molecule has 0 heterocycles. The van der Waals surface area contributed by atoms with E-state index in [1.807, 2.05) is 6.07 Å². The lowest BCUT2D eigenvalue weighted by Gasteiger charge is -2.10. The quantitative estimate of drug-likeness (QED) is 0.642.